The van der Waals surface area contributed by atoms with Gasteiger partial charge < -0.3 is 0 Å². The van der Waals surface area contributed by atoms with Crippen LogP contribution in [0.3, 0.4) is 0 Å². The summed E-state index contributed by atoms with van der Waals surface area (Å²) in [6.07, 6.45) is 4.39. The number of hydrogen-bond donors (Lipinski definition) is 0. The van der Waals surface area contributed by atoms with Crippen molar-refractivity contribution in [3.05, 3.63) is 77.3 Å². The van der Waals surface area contributed by atoms with Crippen LogP contribution < -0.4 is 4.57 Å². The van der Waals surface area contributed by atoms with Gasteiger partial charge in [-0.25, -0.2) is 0 Å². The standard InChI is InChI=1S/C20H16NS/c1-21-18-8-4-5-9-19(18)22-20(21)13-11-15-10-12-16-6-2-3-7-17(16)14-15/h2-14H,1H3/q+1/b13-11+. The van der Waals surface area contributed by atoms with Crippen molar-refractivity contribution < 1.29 is 4.57 Å². The highest BCUT2D eigenvalue weighted by Crippen LogP contribution is 2.22. The summed E-state index contributed by atoms with van der Waals surface area (Å²) >= 11 is 1.82. The molecule has 1 aromatic heterocycles. The van der Waals surface area contributed by atoms with E-state index in [0.717, 1.165) is 0 Å². The molecule has 0 radical (unpaired) electrons. The summed E-state index contributed by atoms with van der Waals surface area (Å²) in [5.74, 6) is 0. The van der Waals surface area contributed by atoms with E-state index in [1.165, 1.54) is 31.6 Å². The van der Waals surface area contributed by atoms with E-state index in [1.807, 2.05) is 11.3 Å². The summed E-state index contributed by atoms with van der Waals surface area (Å²) in [5, 5.41) is 3.83. The zero-order valence-corrected chi connectivity index (χ0v) is 13.2. The Bertz CT molecular complexity index is 995. The molecule has 0 unspecified atom stereocenters. The van der Waals surface area contributed by atoms with Gasteiger partial charge in [0.2, 0.25) is 5.52 Å². The Hall–Kier alpha value is -2.45. The van der Waals surface area contributed by atoms with Gasteiger partial charge in [0.15, 0.2) is 0 Å². The van der Waals surface area contributed by atoms with Crippen LogP contribution in [-0.4, -0.2) is 0 Å². The molecular weight excluding hydrogens is 286 g/mol. The average molecular weight is 302 g/mol. The molecule has 3 aromatic carbocycles. The molecular formula is C20H16NS+. The summed E-state index contributed by atoms with van der Waals surface area (Å²) in [4.78, 5) is 0. The molecule has 2 heteroatoms. The summed E-state index contributed by atoms with van der Waals surface area (Å²) in [5.41, 5.74) is 2.52. The van der Waals surface area contributed by atoms with Crippen molar-refractivity contribution >= 4 is 44.5 Å². The lowest BCUT2D eigenvalue weighted by Gasteiger charge is -1.98. The van der Waals surface area contributed by atoms with Gasteiger partial charge in [0.25, 0.3) is 5.01 Å². The Morgan fingerprint density at radius 2 is 1.59 bits per heavy atom. The van der Waals surface area contributed by atoms with Crippen LogP contribution in [0.25, 0.3) is 33.1 Å². The zero-order chi connectivity index (χ0) is 14.9. The minimum Gasteiger partial charge on any atom is -0.185 e. The van der Waals surface area contributed by atoms with E-state index in [2.05, 4.69) is 90.5 Å². The van der Waals surface area contributed by atoms with E-state index in [0.29, 0.717) is 0 Å². The number of benzene rings is 3. The molecule has 4 aromatic rings. The van der Waals surface area contributed by atoms with Gasteiger partial charge in [0.05, 0.1) is 0 Å². The molecule has 0 spiro atoms. The van der Waals surface area contributed by atoms with Crippen LogP contribution >= 0.6 is 11.3 Å². The lowest BCUT2D eigenvalue weighted by Crippen LogP contribution is -2.28. The topological polar surface area (TPSA) is 3.88 Å². The molecule has 0 aliphatic rings. The van der Waals surface area contributed by atoms with Gasteiger partial charge in [-0.3, -0.25) is 0 Å². The molecule has 22 heavy (non-hydrogen) atoms. The molecule has 0 saturated carbocycles. The van der Waals surface area contributed by atoms with Crippen molar-refractivity contribution in [3.63, 3.8) is 0 Å². The highest BCUT2D eigenvalue weighted by atomic mass is 32.1. The molecule has 0 fully saturated rings. The number of rotatable bonds is 2. The second-order valence-corrected chi connectivity index (χ2v) is 6.47. The third kappa shape index (κ3) is 2.32. The Labute approximate surface area is 133 Å². The van der Waals surface area contributed by atoms with Crippen molar-refractivity contribution in [3.8, 4) is 0 Å². The van der Waals surface area contributed by atoms with E-state index in [9.17, 15) is 0 Å². The summed E-state index contributed by atoms with van der Waals surface area (Å²) in [6, 6.07) is 23.6. The van der Waals surface area contributed by atoms with Crippen LogP contribution in [0.4, 0.5) is 0 Å². The van der Waals surface area contributed by atoms with E-state index in [4.69, 9.17) is 0 Å². The monoisotopic (exact) mass is 302 g/mol. The highest BCUT2D eigenvalue weighted by molar-refractivity contribution is 7.18. The Morgan fingerprint density at radius 1 is 0.818 bits per heavy atom. The normalized spacial score (nSPS) is 11.7. The fourth-order valence-electron chi connectivity index (χ4n) is 2.75. The van der Waals surface area contributed by atoms with Crippen molar-refractivity contribution in [1.82, 2.24) is 0 Å². The fraction of sp³-hybridized carbons (Fsp3) is 0.0500. The Morgan fingerprint density at radius 3 is 2.45 bits per heavy atom. The maximum absolute atomic E-state index is 2.25. The smallest absolute Gasteiger partial charge is 0.185 e. The molecule has 106 valence electrons. The first-order chi connectivity index (χ1) is 10.8. The van der Waals surface area contributed by atoms with E-state index < -0.39 is 0 Å². The number of aryl methyl sites for hydroxylation is 1. The van der Waals surface area contributed by atoms with E-state index in [-0.39, 0.29) is 0 Å². The maximum Gasteiger partial charge on any atom is 0.262 e. The van der Waals surface area contributed by atoms with Gasteiger partial charge in [0.1, 0.15) is 11.7 Å². The van der Waals surface area contributed by atoms with Gasteiger partial charge in [-0.2, -0.15) is 4.57 Å². The summed E-state index contributed by atoms with van der Waals surface area (Å²) in [7, 11) is 2.12. The molecule has 4 rings (SSSR count). The summed E-state index contributed by atoms with van der Waals surface area (Å²) in [6.45, 7) is 0. The van der Waals surface area contributed by atoms with Crippen molar-refractivity contribution in [2.45, 2.75) is 0 Å². The molecule has 0 amide bonds. The first-order valence-electron chi connectivity index (χ1n) is 7.36. The van der Waals surface area contributed by atoms with Crippen LogP contribution in [0, 0.1) is 0 Å². The van der Waals surface area contributed by atoms with Crippen LogP contribution in [-0.2, 0) is 7.05 Å². The number of para-hydroxylation sites is 1. The SMILES string of the molecule is C[n+]1c(/C=C/c2ccc3ccccc3c2)sc2ccccc21. The lowest BCUT2D eigenvalue weighted by molar-refractivity contribution is -0.642. The van der Waals surface area contributed by atoms with Crippen molar-refractivity contribution in [1.29, 1.82) is 0 Å². The van der Waals surface area contributed by atoms with Crippen molar-refractivity contribution in [2.75, 3.05) is 0 Å². The molecule has 0 N–H and O–H groups in total. The molecule has 0 bridgehead atoms. The molecule has 1 heterocycles. The molecule has 0 atom stereocenters. The lowest BCUT2D eigenvalue weighted by atomic mass is 10.1. The first-order valence-corrected chi connectivity index (χ1v) is 8.17. The predicted molar refractivity (Wildman–Crippen MR) is 95.9 cm³/mol. The molecule has 0 aliphatic carbocycles. The van der Waals surface area contributed by atoms with Crippen LogP contribution in [0.2, 0.25) is 0 Å². The number of nitrogens with zero attached hydrogens (tertiary/aromatic N) is 1. The van der Waals surface area contributed by atoms with Crippen LogP contribution in [0.1, 0.15) is 10.6 Å². The number of aromatic nitrogens is 1. The first kappa shape index (κ1) is 13.2. The van der Waals surface area contributed by atoms with Gasteiger partial charge in [0, 0.05) is 12.1 Å². The third-order valence-electron chi connectivity index (χ3n) is 3.96. The number of thiazole rings is 1. The maximum atomic E-state index is 2.25. The quantitative estimate of drug-likeness (QED) is 0.456. The average Bonchev–Trinajstić information content (AvgIpc) is 2.89. The Kier molecular flexibility index (Phi) is 3.24. The predicted octanol–water partition coefficient (Wildman–Crippen LogP) is 5.05. The van der Waals surface area contributed by atoms with Gasteiger partial charge in [-0.1, -0.05) is 59.9 Å². The minimum absolute atomic E-state index is 1.23. The Balaban J connectivity index is 1.73. The highest BCUT2D eigenvalue weighted by Gasteiger charge is 2.13. The third-order valence-corrected chi connectivity index (χ3v) is 5.15. The molecule has 0 aliphatic heterocycles. The van der Waals surface area contributed by atoms with Gasteiger partial charge in [-0.05, 0) is 34.5 Å². The van der Waals surface area contributed by atoms with E-state index in [1.54, 1.807) is 0 Å². The summed E-state index contributed by atoms with van der Waals surface area (Å²) < 4.78 is 3.57. The minimum atomic E-state index is 1.23. The molecule has 0 saturated heterocycles. The van der Waals surface area contributed by atoms with Crippen LogP contribution in [0.5, 0.6) is 0 Å². The second kappa shape index (κ2) is 5.39. The largest absolute Gasteiger partial charge is 0.262 e. The van der Waals surface area contributed by atoms with E-state index >= 15 is 0 Å². The number of hydrogen-bond acceptors (Lipinski definition) is 1. The number of fused-ring (bicyclic) bond motifs is 2. The van der Waals surface area contributed by atoms with Gasteiger partial charge >= 0.3 is 0 Å². The van der Waals surface area contributed by atoms with Crippen molar-refractivity contribution in [2.24, 2.45) is 7.05 Å². The van der Waals surface area contributed by atoms with Gasteiger partial charge in [-0.15, -0.1) is 0 Å². The second-order valence-electron chi connectivity index (χ2n) is 5.41. The molecule has 1 nitrogen and oxygen atoms in total. The fourth-order valence-corrected chi connectivity index (χ4v) is 3.80. The zero-order valence-electron chi connectivity index (χ0n) is 12.4. The van der Waals surface area contributed by atoms with Crippen LogP contribution in [0.15, 0.2) is 66.7 Å².